The van der Waals surface area contributed by atoms with E-state index in [1.54, 1.807) is 17.2 Å². The smallest absolute Gasteiger partial charge is 0.143 e. The topological polar surface area (TPSA) is 17.1 Å². The molecule has 1 aliphatic rings. The van der Waals surface area contributed by atoms with Gasteiger partial charge in [-0.05, 0) is 69.4 Å². The number of hydrogen-bond donors (Lipinski definition) is 0. The lowest BCUT2D eigenvalue weighted by molar-refractivity contribution is -0.104. The minimum absolute atomic E-state index is 0.349. The third kappa shape index (κ3) is 5.44. The van der Waals surface area contributed by atoms with E-state index in [4.69, 9.17) is 0 Å². The first-order valence-corrected chi connectivity index (χ1v) is 8.44. The molecule has 0 aromatic heterocycles. The summed E-state index contributed by atoms with van der Waals surface area (Å²) < 4.78 is 0. The SMILES string of the molecule is CC1=C(C/C=C(\C)C(C)/C=C/C(C)=C/C=O)C(C)(C)CCC1. The van der Waals surface area contributed by atoms with Crippen molar-refractivity contribution in [3.63, 3.8) is 0 Å². The predicted molar refractivity (Wildman–Crippen MR) is 96.8 cm³/mol. The zero-order chi connectivity index (χ0) is 16.8. The molecule has 0 fully saturated rings. The largest absolute Gasteiger partial charge is 0.299 e. The number of hydrogen-bond acceptors (Lipinski definition) is 1. The normalized spacial score (nSPS) is 21.4. The van der Waals surface area contributed by atoms with Crippen LogP contribution < -0.4 is 0 Å². The molecule has 1 heteroatoms. The maximum Gasteiger partial charge on any atom is 0.143 e. The summed E-state index contributed by atoms with van der Waals surface area (Å²) in [6.07, 6.45) is 14.0. The van der Waals surface area contributed by atoms with E-state index in [1.807, 2.05) is 13.0 Å². The van der Waals surface area contributed by atoms with Crippen LogP contribution in [0.15, 0.2) is 46.6 Å². The molecule has 0 radical (unpaired) electrons. The molecule has 0 aromatic carbocycles. The first-order chi connectivity index (χ1) is 10.3. The Bertz CT molecular complexity index is 512. The monoisotopic (exact) mass is 300 g/mol. The molecule has 1 nitrogen and oxygen atoms in total. The van der Waals surface area contributed by atoms with Crippen molar-refractivity contribution in [2.45, 2.75) is 67.2 Å². The Morgan fingerprint density at radius 2 is 2.00 bits per heavy atom. The van der Waals surface area contributed by atoms with Crippen molar-refractivity contribution in [2.24, 2.45) is 11.3 Å². The highest BCUT2D eigenvalue weighted by molar-refractivity contribution is 5.66. The van der Waals surface area contributed by atoms with Crippen LogP contribution in [0.25, 0.3) is 0 Å². The van der Waals surface area contributed by atoms with E-state index in [-0.39, 0.29) is 0 Å². The standard InChI is InChI=1S/C21H32O/c1-16(13-15-22)9-10-17(2)18(3)11-12-20-19(4)8-7-14-21(20,5)6/h9-11,13,15,17H,7-8,12,14H2,1-6H3/b10-9+,16-13+,18-11+. The third-order valence-corrected chi connectivity index (χ3v) is 5.01. The zero-order valence-corrected chi connectivity index (χ0v) is 15.2. The molecule has 1 atom stereocenters. The molecule has 0 aromatic rings. The van der Waals surface area contributed by atoms with Crippen molar-refractivity contribution in [3.05, 3.63) is 46.6 Å². The van der Waals surface area contributed by atoms with E-state index in [1.165, 1.54) is 24.8 Å². The van der Waals surface area contributed by atoms with Crippen molar-refractivity contribution in [3.8, 4) is 0 Å². The molecule has 0 heterocycles. The van der Waals surface area contributed by atoms with Crippen molar-refractivity contribution in [2.75, 3.05) is 0 Å². The van der Waals surface area contributed by atoms with Gasteiger partial charge in [0.15, 0.2) is 0 Å². The second-order valence-corrected chi connectivity index (χ2v) is 7.34. The number of carbonyl (C=O) groups is 1. The van der Waals surface area contributed by atoms with Crippen molar-refractivity contribution in [1.29, 1.82) is 0 Å². The van der Waals surface area contributed by atoms with E-state index in [0.717, 1.165) is 18.3 Å². The molecule has 1 rings (SSSR count). The maximum absolute atomic E-state index is 10.4. The van der Waals surface area contributed by atoms with Gasteiger partial charge in [0.2, 0.25) is 0 Å². The number of allylic oxidation sites excluding steroid dienone is 8. The minimum atomic E-state index is 0.349. The second-order valence-electron chi connectivity index (χ2n) is 7.34. The molecule has 0 N–H and O–H groups in total. The minimum Gasteiger partial charge on any atom is -0.299 e. The van der Waals surface area contributed by atoms with Gasteiger partial charge in [0.1, 0.15) is 6.29 Å². The second kappa shape index (κ2) is 8.31. The van der Waals surface area contributed by atoms with E-state index in [2.05, 4.69) is 46.8 Å². The molecule has 1 aliphatic carbocycles. The Kier molecular flexibility index (Phi) is 7.06. The highest BCUT2D eigenvalue weighted by atomic mass is 16.1. The Morgan fingerprint density at radius 1 is 1.32 bits per heavy atom. The highest BCUT2D eigenvalue weighted by Crippen LogP contribution is 2.42. The molecule has 0 aliphatic heterocycles. The molecule has 1 unspecified atom stereocenters. The Hall–Kier alpha value is -1.37. The van der Waals surface area contributed by atoms with Gasteiger partial charge in [0.25, 0.3) is 0 Å². The summed E-state index contributed by atoms with van der Waals surface area (Å²) in [5.41, 5.74) is 5.97. The van der Waals surface area contributed by atoms with Crippen molar-refractivity contribution >= 4 is 6.29 Å². The molecule has 122 valence electrons. The Balaban J connectivity index is 2.77. The quantitative estimate of drug-likeness (QED) is 0.247. The van der Waals surface area contributed by atoms with E-state index >= 15 is 0 Å². The number of carbonyl (C=O) groups excluding carboxylic acids is 1. The van der Waals surface area contributed by atoms with Crippen LogP contribution in [0.3, 0.4) is 0 Å². The summed E-state index contributed by atoms with van der Waals surface area (Å²) in [6.45, 7) is 13.4. The third-order valence-electron chi connectivity index (χ3n) is 5.01. The summed E-state index contributed by atoms with van der Waals surface area (Å²) >= 11 is 0. The van der Waals surface area contributed by atoms with Crippen LogP contribution >= 0.6 is 0 Å². The maximum atomic E-state index is 10.4. The molecule has 0 saturated carbocycles. The predicted octanol–water partition coefficient (Wildman–Crippen LogP) is 6.19. The molecule has 0 spiro atoms. The average Bonchev–Trinajstić information content (AvgIpc) is 2.43. The van der Waals surface area contributed by atoms with Gasteiger partial charge in [-0.1, -0.05) is 55.7 Å². The van der Waals surface area contributed by atoms with Crippen LogP contribution in [-0.2, 0) is 4.79 Å². The van der Waals surface area contributed by atoms with Gasteiger partial charge < -0.3 is 0 Å². The highest BCUT2D eigenvalue weighted by Gasteiger charge is 2.27. The molecule has 22 heavy (non-hydrogen) atoms. The van der Waals surface area contributed by atoms with Gasteiger partial charge >= 0.3 is 0 Å². The van der Waals surface area contributed by atoms with Crippen LogP contribution in [0.5, 0.6) is 0 Å². The lowest BCUT2D eigenvalue weighted by atomic mass is 9.71. The van der Waals surface area contributed by atoms with Crippen LogP contribution in [0.4, 0.5) is 0 Å². The van der Waals surface area contributed by atoms with Gasteiger partial charge in [0, 0.05) is 0 Å². The van der Waals surface area contributed by atoms with E-state index in [9.17, 15) is 4.79 Å². The Labute approximate surface area is 136 Å². The molecule has 0 saturated heterocycles. The fourth-order valence-corrected chi connectivity index (χ4v) is 3.19. The lowest BCUT2D eigenvalue weighted by Crippen LogP contribution is -2.20. The summed E-state index contributed by atoms with van der Waals surface area (Å²) in [5, 5.41) is 0. The molecule has 0 amide bonds. The van der Waals surface area contributed by atoms with Crippen LogP contribution in [0, 0.1) is 11.3 Å². The fraction of sp³-hybridized carbons (Fsp3) is 0.571. The van der Waals surface area contributed by atoms with Crippen LogP contribution in [0.2, 0.25) is 0 Å². The van der Waals surface area contributed by atoms with Crippen LogP contribution in [-0.4, -0.2) is 6.29 Å². The number of aldehydes is 1. The summed E-state index contributed by atoms with van der Waals surface area (Å²) in [4.78, 5) is 10.4. The summed E-state index contributed by atoms with van der Waals surface area (Å²) in [7, 11) is 0. The van der Waals surface area contributed by atoms with Gasteiger partial charge in [-0.3, -0.25) is 4.79 Å². The van der Waals surface area contributed by atoms with Gasteiger partial charge in [-0.2, -0.15) is 0 Å². The molecule has 0 bridgehead atoms. The summed E-state index contributed by atoms with van der Waals surface area (Å²) in [5.74, 6) is 0.405. The first kappa shape index (κ1) is 18.7. The zero-order valence-electron chi connectivity index (χ0n) is 15.2. The van der Waals surface area contributed by atoms with Crippen molar-refractivity contribution in [1.82, 2.24) is 0 Å². The molecular formula is C21H32O. The van der Waals surface area contributed by atoms with Crippen LogP contribution in [0.1, 0.15) is 67.2 Å². The average molecular weight is 300 g/mol. The fourth-order valence-electron chi connectivity index (χ4n) is 3.19. The van der Waals surface area contributed by atoms with Gasteiger partial charge in [-0.25, -0.2) is 0 Å². The summed E-state index contributed by atoms with van der Waals surface area (Å²) in [6, 6.07) is 0. The van der Waals surface area contributed by atoms with E-state index in [0.29, 0.717) is 11.3 Å². The number of rotatable bonds is 6. The van der Waals surface area contributed by atoms with Gasteiger partial charge in [-0.15, -0.1) is 0 Å². The van der Waals surface area contributed by atoms with Gasteiger partial charge in [0.05, 0.1) is 0 Å². The van der Waals surface area contributed by atoms with Crippen molar-refractivity contribution < 1.29 is 4.79 Å². The first-order valence-electron chi connectivity index (χ1n) is 8.44. The Morgan fingerprint density at radius 3 is 2.59 bits per heavy atom. The lowest BCUT2D eigenvalue weighted by Gasteiger charge is -2.34. The molecular weight excluding hydrogens is 268 g/mol. The van der Waals surface area contributed by atoms with E-state index < -0.39 is 0 Å².